The van der Waals surface area contributed by atoms with Crippen molar-refractivity contribution in [2.75, 3.05) is 13.2 Å². The number of carbonyl (C=O) groups is 2. The molecule has 0 aliphatic heterocycles. The van der Waals surface area contributed by atoms with Crippen LogP contribution in [0.3, 0.4) is 0 Å². The summed E-state index contributed by atoms with van der Waals surface area (Å²) in [7, 11) is 0. The molecule has 1 aliphatic carbocycles. The Labute approximate surface area is 122 Å². The SMILES string of the molecule is CCOC(=O)C(C)(C)C(=O)COC1CCC(C)(C)CC1. The number of hydrogen-bond donors (Lipinski definition) is 0. The van der Waals surface area contributed by atoms with Crippen molar-refractivity contribution in [3.8, 4) is 0 Å². The Morgan fingerprint density at radius 3 is 2.25 bits per heavy atom. The van der Waals surface area contributed by atoms with E-state index in [1.54, 1.807) is 20.8 Å². The summed E-state index contributed by atoms with van der Waals surface area (Å²) in [6.45, 7) is 9.74. The van der Waals surface area contributed by atoms with E-state index in [4.69, 9.17) is 9.47 Å². The Balaban J connectivity index is 2.42. The smallest absolute Gasteiger partial charge is 0.319 e. The molecule has 1 aliphatic rings. The Kier molecular flexibility index (Phi) is 5.75. The van der Waals surface area contributed by atoms with Gasteiger partial charge >= 0.3 is 5.97 Å². The lowest BCUT2D eigenvalue weighted by Gasteiger charge is -2.34. The average Bonchev–Trinajstić information content (AvgIpc) is 2.37. The first-order chi connectivity index (χ1) is 9.19. The van der Waals surface area contributed by atoms with Crippen LogP contribution in [-0.4, -0.2) is 31.1 Å². The van der Waals surface area contributed by atoms with Crippen molar-refractivity contribution in [1.82, 2.24) is 0 Å². The van der Waals surface area contributed by atoms with Gasteiger partial charge < -0.3 is 9.47 Å². The summed E-state index contributed by atoms with van der Waals surface area (Å²) in [4.78, 5) is 23.9. The van der Waals surface area contributed by atoms with E-state index in [1.807, 2.05) is 0 Å². The molecule has 116 valence electrons. The molecule has 0 spiro atoms. The summed E-state index contributed by atoms with van der Waals surface area (Å²) in [5, 5.41) is 0. The molecule has 0 aromatic rings. The summed E-state index contributed by atoms with van der Waals surface area (Å²) in [6, 6.07) is 0. The van der Waals surface area contributed by atoms with E-state index in [0.717, 1.165) is 25.7 Å². The normalized spacial score (nSPS) is 19.6. The third-order valence-corrected chi connectivity index (χ3v) is 4.22. The maximum Gasteiger partial charge on any atom is 0.319 e. The topological polar surface area (TPSA) is 52.6 Å². The summed E-state index contributed by atoms with van der Waals surface area (Å²) in [6.07, 6.45) is 4.35. The summed E-state index contributed by atoms with van der Waals surface area (Å²) >= 11 is 0. The molecular formula is C16H28O4. The van der Waals surface area contributed by atoms with Crippen LogP contribution in [0.2, 0.25) is 0 Å². The molecule has 0 atom stereocenters. The van der Waals surface area contributed by atoms with Crippen LogP contribution in [0.25, 0.3) is 0 Å². The van der Waals surface area contributed by atoms with Gasteiger partial charge in [-0.25, -0.2) is 0 Å². The van der Waals surface area contributed by atoms with Crippen LogP contribution in [0.1, 0.15) is 60.3 Å². The monoisotopic (exact) mass is 284 g/mol. The van der Waals surface area contributed by atoms with Gasteiger partial charge in [0.25, 0.3) is 0 Å². The number of ketones is 1. The van der Waals surface area contributed by atoms with Crippen molar-refractivity contribution in [3.63, 3.8) is 0 Å². The molecule has 4 nitrogen and oxygen atoms in total. The van der Waals surface area contributed by atoms with Gasteiger partial charge in [-0.1, -0.05) is 13.8 Å². The van der Waals surface area contributed by atoms with Gasteiger partial charge in [-0.2, -0.15) is 0 Å². The summed E-state index contributed by atoms with van der Waals surface area (Å²) < 4.78 is 10.6. The second-order valence-electron chi connectivity index (χ2n) is 6.94. The van der Waals surface area contributed by atoms with Crippen LogP contribution < -0.4 is 0 Å². The Hall–Kier alpha value is -0.900. The maximum atomic E-state index is 12.1. The Bertz CT molecular complexity index is 347. The zero-order valence-electron chi connectivity index (χ0n) is 13.5. The zero-order chi connectivity index (χ0) is 15.4. The van der Waals surface area contributed by atoms with Crippen LogP contribution in [0.4, 0.5) is 0 Å². The number of hydrogen-bond acceptors (Lipinski definition) is 4. The highest BCUT2D eigenvalue weighted by molar-refractivity contribution is 6.03. The molecule has 4 heteroatoms. The van der Waals surface area contributed by atoms with Crippen molar-refractivity contribution >= 4 is 11.8 Å². The highest BCUT2D eigenvalue weighted by Crippen LogP contribution is 2.36. The Morgan fingerprint density at radius 1 is 1.20 bits per heavy atom. The molecule has 0 aromatic heterocycles. The first kappa shape index (κ1) is 17.2. The van der Waals surface area contributed by atoms with Crippen LogP contribution in [-0.2, 0) is 19.1 Å². The van der Waals surface area contributed by atoms with Gasteiger partial charge in [-0.3, -0.25) is 9.59 Å². The van der Waals surface area contributed by atoms with Crippen molar-refractivity contribution in [3.05, 3.63) is 0 Å². The number of ether oxygens (including phenoxy) is 2. The largest absolute Gasteiger partial charge is 0.465 e. The van der Waals surface area contributed by atoms with Crippen LogP contribution in [0.15, 0.2) is 0 Å². The quantitative estimate of drug-likeness (QED) is 0.555. The minimum atomic E-state index is -1.12. The van der Waals surface area contributed by atoms with Crippen molar-refractivity contribution in [1.29, 1.82) is 0 Å². The lowest BCUT2D eigenvalue weighted by atomic mass is 9.76. The highest BCUT2D eigenvalue weighted by atomic mass is 16.5. The van der Waals surface area contributed by atoms with Gasteiger partial charge in [0.15, 0.2) is 5.78 Å². The molecular weight excluding hydrogens is 256 g/mol. The predicted octanol–water partition coefficient (Wildman–Crippen LogP) is 3.13. The van der Waals surface area contributed by atoms with E-state index in [-0.39, 0.29) is 25.1 Å². The second kappa shape index (κ2) is 6.70. The lowest BCUT2D eigenvalue weighted by molar-refractivity contribution is -0.160. The summed E-state index contributed by atoms with van der Waals surface area (Å²) in [5.74, 6) is -0.681. The fourth-order valence-electron chi connectivity index (χ4n) is 2.34. The molecule has 0 unspecified atom stereocenters. The van der Waals surface area contributed by atoms with Gasteiger partial charge in [0.05, 0.1) is 12.7 Å². The molecule has 20 heavy (non-hydrogen) atoms. The molecule has 0 bridgehead atoms. The highest BCUT2D eigenvalue weighted by Gasteiger charge is 2.38. The summed E-state index contributed by atoms with van der Waals surface area (Å²) in [5.41, 5.74) is -0.738. The standard InChI is InChI=1S/C16H28O4/c1-6-19-14(18)16(4,5)13(17)11-20-12-7-9-15(2,3)10-8-12/h12H,6-11H2,1-5H3. The first-order valence-electron chi connectivity index (χ1n) is 7.51. The van der Waals surface area contributed by atoms with Gasteiger partial charge in [0.2, 0.25) is 0 Å². The van der Waals surface area contributed by atoms with Crippen LogP contribution >= 0.6 is 0 Å². The lowest BCUT2D eigenvalue weighted by Crippen LogP contribution is -2.39. The van der Waals surface area contributed by atoms with E-state index in [2.05, 4.69) is 13.8 Å². The number of Topliss-reactive ketones (excluding diaryl/α,β-unsaturated/α-hetero) is 1. The van der Waals surface area contributed by atoms with E-state index in [1.165, 1.54) is 0 Å². The Morgan fingerprint density at radius 2 is 1.75 bits per heavy atom. The third kappa shape index (κ3) is 4.58. The number of carbonyl (C=O) groups excluding carboxylic acids is 2. The minimum absolute atomic E-state index is 0.00307. The van der Waals surface area contributed by atoms with Gasteiger partial charge in [0.1, 0.15) is 12.0 Å². The third-order valence-electron chi connectivity index (χ3n) is 4.22. The molecule has 1 fully saturated rings. The van der Waals surface area contributed by atoms with Crippen LogP contribution in [0.5, 0.6) is 0 Å². The van der Waals surface area contributed by atoms with Crippen molar-refractivity contribution < 1.29 is 19.1 Å². The molecule has 0 saturated heterocycles. The number of rotatable bonds is 6. The van der Waals surface area contributed by atoms with E-state index in [0.29, 0.717) is 5.41 Å². The van der Waals surface area contributed by atoms with Gasteiger partial charge in [-0.05, 0) is 51.9 Å². The molecule has 0 radical (unpaired) electrons. The minimum Gasteiger partial charge on any atom is -0.465 e. The van der Waals surface area contributed by atoms with Gasteiger partial charge in [-0.15, -0.1) is 0 Å². The van der Waals surface area contributed by atoms with Gasteiger partial charge in [0, 0.05) is 0 Å². The van der Waals surface area contributed by atoms with E-state index in [9.17, 15) is 9.59 Å². The molecule has 0 aromatic carbocycles. The molecule has 1 rings (SSSR count). The molecule has 1 saturated carbocycles. The van der Waals surface area contributed by atoms with Crippen molar-refractivity contribution in [2.45, 2.75) is 66.4 Å². The fraction of sp³-hybridized carbons (Fsp3) is 0.875. The maximum absolute atomic E-state index is 12.1. The predicted molar refractivity (Wildman–Crippen MR) is 77.4 cm³/mol. The fourth-order valence-corrected chi connectivity index (χ4v) is 2.34. The van der Waals surface area contributed by atoms with Crippen LogP contribution in [0, 0.1) is 10.8 Å². The second-order valence-corrected chi connectivity index (χ2v) is 6.94. The first-order valence-corrected chi connectivity index (χ1v) is 7.51. The molecule has 0 amide bonds. The molecule has 0 heterocycles. The van der Waals surface area contributed by atoms with E-state index < -0.39 is 11.4 Å². The zero-order valence-corrected chi connectivity index (χ0v) is 13.5. The average molecular weight is 284 g/mol. The van der Waals surface area contributed by atoms with Crippen molar-refractivity contribution in [2.24, 2.45) is 10.8 Å². The number of esters is 1. The van der Waals surface area contributed by atoms with E-state index >= 15 is 0 Å². The molecule has 0 N–H and O–H groups in total.